The first-order valence-electron chi connectivity index (χ1n) is 7.27. The summed E-state index contributed by atoms with van der Waals surface area (Å²) in [4.78, 5) is 8.84. The minimum atomic E-state index is 0.0489. The van der Waals surface area contributed by atoms with Gasteiger partial charge >= 0.3 is 0 Å². The fraction of sp³-hybridized carbons (Fsp3) is 0.400. The third-order valence-electron chi connectivity index (χ3n) is 3.73. The van der Waals surface area contributed by atoms with E-state index in [-0.39, 0.29) is 6.04 Å². The molecule has 1 aromatic carbocycles. The molecule has 0 bridgehead atoms. The summed E-state index contributed by atoms with van der Waals surface area (Å²) in [5.74, 6) is 1.01. The van der Waals surface area contributed by atoms with Crippen molar-refractivity contribution < 1.29 is 0 Å². The van der Waals surface area contributed by atoms with Crippen LogP contribution in [0.2, 0.25) is 0 Å². The predicted octanol–water partition coefficient (Wildman–Crippen LogP) is 2.11. The van der Waals surface area contributed by atoms with Crippen LogP contribution in [0.15, 0.2) is 30.9 Å². The molecular weight excluding hydrogens is 264 g/mol. The van der Waals surface area contributed by atoms with E-state index < -0.39 is 0 Å². The minimum absolute atomic E-state index is 0.0489. The van der Waals surface area contributed by atoms with Crippen LogP contribution < -0.4 is 5.73 Å². The van der Waals surface area contributed by atoms with Gasteiger partial charge in [-0.2, -0.15) is 5.10 Å². The second-order valence-corrected chi connectivity index (χ2v) is 5.20. The van der Waals surface area contributed by atoms with E-state index in [0.717, 1.165) is 35.4 Å². The Kier molecular flexibility index (Phi) is 3.70. The Hall–Kier alpha value is -2.21. The topological polar surface area (TPSA) is 74.5 Å². The molecule has 0 saturated carbocycles. The zero-order valence-electron chi connectivity index (χ0n) is 12.4. The molecule has 2 heterocycles. The Bertz CT molecular complexity index is 728. The van der Waals surface area contributed by atoms with Crippen LogP contribution in [0.1, 0.15) is 37.7 Å². The van der Waals surface area contributed by atoms with Crippen LogP contribution >= 0.6 is 0 Å². The molecule has 1 atom stereocenters. The lowest BCUT2D eigenvalue weighted by Gasteiger charge is -2.14. The van der Waals surface area contributed by atoms with Gasteiger partial charge in [0, 0.05) is 13.1 Å². The fourth-order valence-electron chi connectivity index (χ4n) is 2.63. The Morgan fingerprint density at radius 2 is 2.19 bits per heavy atom. The standard InChI is InChI=1S/C15H20N6/c1-3-6-20-14-5-4-12(8-16)7-13(14)19-15(20)11(2)21-10-17-9-18-21/h4-5,7,9-11H,3,6,8,16H2,1-2H3. The summed E-state index contributed by atoms with van der Waals surface area (Å²) in [5.41, 5.74) is 8.97. The maximum atomic E-state index is 5.72. The molecule has 3 rings (SSSR count). The fourth-order valence-corrected chi connectivity index (χ4v) is 2.63. The van der Waals surface area contributed by atoms with Crippen molar-refractivity contribution in [2.24, 2.45) is 5.73 Å². The van der Waals surface area contributed by atoms with E-state index in [2.05, 4.69) is 46.7 Å². The van der Waals surface area contributed by atoms with Crippen LogP contribution in [0.25, 0.3) is 11.0 Å². The van der Waals surface area contributed by atoms with Crippen molar-refractivity contribution in [3.63, 3.8) is 0 Å². The van der Waals surface area contributed by atoms with Gasteiger partial charge in [-0.3, -0.25) is 0 Å². The van der Waals surface area contributed by atoms with E-state index in [9.17, 15) is 0 Å². The number of benzene rings is 1. The first-order valence-corrected chi connectivity index (χ1v) is 7.27. The van der Waals surface area contributed by atoms with Gasteiger partial charge in [-0.1, -0.05) is 13.0 Å². The summed E-state index contributed by atoms with van der Waals surface area (Å²) >= 11 is 0. The number of imidazole rings is 1. The molecule has 2 N–H and O–H groups in total. The van der Waals surface area contributed by atoms with Gasteiger partial charge in [-0.25, -0.2) is 14.6 Å². The highest BCUT2D eigenvalue weighted by Gasteiger charge is 2.18. The van der Waals surface area contributed by atoms with Crippen molar-refractivity contribution in [1.29, 1.82) is 0 Å². The molecule has 6 heteroatoms. The van der Waals surface area contributed by atoms with Crippen molar-refractivity contribution >= 4 is 11.0 Å². The molecule has 1 unspecified atom stereocenters. The molecular formula is C15H20N6. The maximum absolute atomic E-state index is 5.72. The molecule has 0 radical (unpaired) electrons. The normalized spacial score (nSPS) is 12.9. The summed E-state index contributed by atoms with van der Waals surface area (Å²) in [6.07, 6.45) is 4.34. The number of aromatic nitrogens is 5. The summed E-state index contributed by atoms with van der Waals surface area (Å²) in [7, 11) is 0. The number of nitrogens with two attached hydrogens (primary N) is 1. The highest BCUT2D eigenvalue weighted by molar-refractivity contribution is 5.77. The van der Waals surface area contributed by atoms with Gasteiger partial charge in [-0.15, -0.1) is 0 Å². The Morgan fingerprint density at radius 3 is 2.86 bits per heavy atom. The van der Waals surface area contributed by atoms with Crippen LogP contribution in [0.4, 0.5) is 0 Å². The second kappa shape index (κ2) is 5.65. The lowest BCUT2D eigenvalue weighted by Crippen LogP contribution is -2.14. The zero-order valence-corrected chi connectivity index (χ0v) is 12.4. The number of hydrogen-bond acceptors (Lipinski definition) is 4. The first-order chi connectivity index (χ1) is 10.2. The average Bonchev–Trinajstić information content (AvgIpc) is 3.14. The second-order valence-electron chi connectivity index (χ2n) is 5.20. The molecule has 0 saturated heterocycles. The average molecular weight is 284 g/mol. The molecule has 0 aliphatic carbocycles. The minimum Gasteiger partial charge on any atom is -0.326 e. The Labute approximate surface area is 123 Å². The van der Waals surface area contributed by atoms with Crippen molar-refractivity contribution in [2.45, 2.75) is 39.4 Å². The molecule has 6 nitrogen and oxygen atoms in total. The van der Waals surface area contributed by atoms with Crippen LogP contribution in [0, 0.1) is 0 Å². The lowest BCUT2D eigenvalue weighted by molar-refractivity contribution is 0.504. The van der Waals surface area contributed by atoms with Gasteiger partial charge in [-0.05, 0) is 31.0 Å². The SMILES string of the molecule is CCCn1c(C(C)n2cncn2)nc2cc(CN)ccc21. The zero-order chi connectivity index (χ0) is 14.8. The first kappa shape index (κ1) is 13.8. The van der Waals surface area contributed by atoms with Crippen molar-refractivity contribution in [2.75, 3.05) is 0 Å². The summed E-state index contributed by atoms with van der Waals surface area (Å²) in [6.45, 7) is 5.73. The van der Waals surface area contributed by atoms with Crippen LogP contribution in [-0.2, 0) is 13.1 Å². The van der Waals surface area contributed by atoms with Gasteiger partial charge in [0.05, 0.1) is 11.0 Å². The third-order valence-corrected chi connectivity index (χ3v) is 3.73. The molecule has 0 aliphatic heterocycles. The number of aryl methyl sites for hydroxylation is 1. The lowest BCUT2D eigenvalue weighted by atomic mass is 10.2. The number of rotatable bonds is 5. The van der Waals surface area contributed by atoms with Gasteiger partial charge < -0.3 is 10.3 Å². The summed E-state index contributed by atoms with van der Waals surface area (Å²) in [5, 5.41) is 4.23. The quantitative estimate of drug-likeness (QED) is 0.778. The molecule has 0 amide bonds. The summed E-state index contributed by atoms with van der Waals surface area (Å²) in [6, 6.07) is 6.30. The number of hydrogen-bond donors (Lipinski definition) is 1. The Morgan fingerprint density at radius 1 is 1.33 bits per heavy atom. The summed E-state index contributed by atoms with van der Waals surface area (Å²) < 4.78 is 4.10. The van der Waals surface area contributed by atoms with Crippen molar-refractivity contribution in [3.05, 3.63) is 42.2 Å². The smallest absolute Gasteiger partial charge is 0.137 e. The van der Waals surface area contributed by atoms with Gasteiger partial charge in [0.1, 0.15) is 24.5 Å². The molecule has 110 valence electrons. The molecule has 3 aromatic rings. The van der Waals surface area contributed by atoms with E-state index in [1.165, 1.54) is 0 Å². The Balaban J connectivity index is 2.14. The van der Waals surface area contributed by atoms with Crippen molar-refractivity contribution in [1.82, 2.24) is 24.3 Å². The van der Waals surface area contributed by atoms with Crippen LogP contribution in [-0.4, -0.2) is 24.3 Å². The molecule has 0 aliphatic rings. The molecule has 2 aromatic heterocycles. The highest BCUT2D eigenvalue weighted by Crippen LogP contribution is 2.24. The van der Waals surface area contributed by atoms with Gasteiger partial charge in [0.25, 0.3) is 0 Å². The molecule has 0 fully saturated rings. The van der Waals surface area contributed by atoms with Gasteiger partial charge in [0.2, 0.25) is 0 Å². The van der Waals surface area contributed by atoms with E-state index in [1.54, 1.807) is 12.7 Å². The van der Waals surface area contributed by atoms with E-state index >= 15 is 0 Å². The van der Waals surface area contributed by atoms with E-state index in [0.29, 0.717) is 6.54 Å². The maximum Gasteiger partial charge on any atom is 0.137 e. The largest absolute Gasteiger partial charge is 0.326 e. The van der Waals surface area contributed by atoms with Crippen LogP contribution in [0.5, 0.6) is 0 Å². The number of nitrogens with zero attached hydrogens (tertiary/aromatic N) is 5. The molecule has 0 spiro atoms. The van der Waals surface area contributed by atoms with Gasteiger partial charge in [0.15, 0.2) is 0 Å². The number of fused-ring (bicyclic) bond motifs is 1. The highest BCUT2D eigenvalue weighted by atomic mass is 15.3. The van der Waals surface area contributed by atoms with Crippen LogP contribution in [0.3, 0.4) is 0 Å². The third kappa shape index (κ3) is 2.42. The van der Waals surface area contributed by atoms with Crippen molar-refractivity contribution in [3.8, 4) is 0 Å². The monoisotopic (exact) mass is 284 g/mol. The van der Waals surface area contributed by atoms with E-state index in [4.69, 9.17) is 10.7 Å². The van der Waals surface area contributed by atoms with E-state index in [1.807, 2.05) is 4.68 Å². The predicted molar refractivity (Wildman–Crippen MR) is 81.8 cm³/mol. The molecule has 21 heavy (non-hydrogen) atoms.